The normalized spacial score (nSPS) is 28.3. The van der Waals surface area contributed by atoms with Crippen LogP contribution in [0, 0.1) is 11.8 Å². The van der Waals surface area contributed by atoms with Gasteiger partial charge in [0.25, 0.3) is 0 Å². The molecule has 1 aliphatic rings. The highest BCUT2D eigenvalue weighted by atomic mass is 32.2. The van der Waals surface area contributed by atoms with E-state index in [-0.39, 0.29) is 0 Å². The Hall–Kier alpha value is 0.310. The first-order chi connectivity index (χ1) is 6.74. The Morgan fingerprint density at radius 2 is 2.14 bits per heavy atom. The summed E-state index contributed by atoms with van der Waals surface area (Å²) in [4.78, 5) is 0. The first kappa shape index (κ1) is 12.4. The SMILES string of the molecule is CSCCNC1CCCC(C(C)C)C1. The van der Waals surface area contributed by atoms with E-state index in [1.165, 1.54) is 38.0 Å². The van der Waals surface area contributed by atoms with Crippen molar-refractivity contribution in [2.45, 2.75) is 45.6 Å². The lowest BCUT2D eigenvalue weighted by molar-refractivity contribution is 0.234. The van der Waals surface area contributed by atoms with Crippen LogP contribution in [-0.4, -0.2) is 24.6 Å². The second-order valence-corrected chi connectivity index (χ2v) is 5.80. The lowest BCUT2D eigenvalue weighted by Crippen LogP contribution is -2.36. The summed E-state index contributed by atoms with van der Waals surface area (Å²) in [6, 6.07) is 0.809. The van der Waals surface area contributed by atoms with Crippen molar-refractivity contribution >= 4 is 11.8 Å². The van der Waals surface area contributed by atoms with Crippen molar-refractivity contribution in [2.75, 3.05) is 18.6 Å². The molecule has 1 saturated carbocycles. The summed E-state index contributed by atoms with van der Waals surface area (Å²) in [5.74, 6) is 3.10. The molecule has 1 nitrogen and oxygen atoms in total. The highest BCUT2D eigenvalue weighted by Crippen LogP contribution is 2.29. The van der Waals surface area contributed by atoms with E-state index in [9.17, 15) is 0 Å². The van der Waals surface area contributed by atoms with Gasteiger partial charge in [0.2, 0.25) is 0 Å². The highest BCUT2D eigenvalue weighted by molar-refractivity contribution is 7.98. The Labute approximate surface area is 93.4 Å². The van der Waals surface area contributed by atoms with Crippen molar-refractivity contribution in [3.63, 3.8) is 0 Å². The second-order valence-electron chi connectivity index (χ2n) is 4.81. The first-order valence-corrected chi connectivity index (χ1v) is 7.35. The Kier molecular flexibility index (Phi) is 5.95. The lowest BCUT2D eigenvalue weighted by Gasteiger charge is -2.32. The van der Waals surface area contributed by atoms with Crippen molar-refractivity contribution in [1.29, 1.82) is 0 Å². The molecule has 1 rings (SSSR count). The molecule has 1 aliphatic carbocycles. The van der Waals surface area contributed by atoms with Gasteiger partial charge < -0.3 is 5.32 Å². The van der Waals surface area contributed by atoms with Crippen molar-refractivity contribution in [3.8, 4) is 0 Å². The Morgan fingerprint density at radius 3 is 2.79 bits per heavy atom. The van der Waals surface area contributed by atoms with Crippen molar-refractivity contribution in [1.82, 2.24) is 5.32 Å². The molecule has 0 aliphatic heterocycles. The quantitative estimate of drug-likeness (QED) is 0.707. The van der Waals surface area contributed by atoms with Crippen LogP contribution in [0.5, 0.6) is 0 Å². The van der Waals surface area contributed by atoms with Crippen LogP contribution in [0.1, 0.15) is 39.5 Å². The van der Waals surface area contributed by atoms with Crippen molar-refractivity contribution in [3.05, 3.63) is 0 Å². The fourth-order valence-corrected chi connectivity index (χ4v) is 2.71. The third kappa shape index (κ3) is 4.22. The third-order valence-electron chi connectivity index (χ3n) is 3.40. The summed E-state index contributed by atoms with van der Waals surface area (Å²) in [6.07, 6.45) is 7.88. The van der Waals surface area contributed by atoms with E-state index in [2.05, 4.69) is 25.4 Å². The smallest absolute Gasteiger partial charge is 0.00701 e. The third-order valence-corrected chi connectivity index (χ3v) is 4.01. The summed E-state index contributed by atoms with van der Waals surface area (Å²) >= 11 is 1.93. The minimum Gasteiger partial charge on any atom is -0.313 e. The molecule has 0 radical (unpaired) electrons. The summed E-state index contributed by atoms with van der Waals surface area (Å²) < 4.78 is 0. The number of rotatable bonds is 5. The molecule has 14 heavy (non-hydrogen) atoms. The molecule has 1 fully saturated rings. The maximum Gasteiger partial charge on any atom is 0.00701 e. The molecule has 2 unspecified atom stereocenters. The predicted molar refractivity (Wildman–Crippen MR) is 67.0 cm³/mol. The number of nitrogens with one attached hydrogen (secondary N) is 1. The van der Waals surface area contributed by atoms with E-state index < -0.39 is 0 Å². The molecule has 0 aromatic carbocycles. The fraction of sp³-hybridized carbons (Fsp3) is 1.00. The van der Waals surface area contributed by atoms with Crippen LogP contribution in [0.3, 0.4) is 0 Å². The van der Waals surface area contributed by atoms with Crippen LogP contribution < -0.4 is 5.32 Å². The van der Waals surface area contributed by atoms with Crippen LogP contribution in [0.25, 0.3) is 0 Å². The lowest BCUT2D eigenvalue weighted by atomic mass is 9.79. The minimum atomic E-state index is 0.809. The zero-order valence-corrected chi connectivity index (χ0v) is 10.7. The van der Waals surface area contributed by atoms with Crippen LogP contribution in [-0.2, 0) is 0 Å². The monoisotopic (exact) mass is 215 g/mol. The van der Waals surface area contributed by atoms with E-state index in [4.69, 9.17) is 0 Å². The molecule has 2 atom stereocenters. The Bertz CT molecular complexity index is 147. The summed E-state index contributed by atoms with van der Waals surface area (Å²) in [7, 11) is 0. The number of hydrogen-bond donors (Lipinski definition) is 1. The molecule has 0 saturated heterocycles. The molecule has 0 heterocycles. The van der Waals surface area contributed by atoms with E-state index in [1.807, 2.05) is 11.8 Å². The van der Waals surface area contributed by atoms with E-state index in [0.29, 0.717) is 0 Å². The summed E-state index contributed by atoms with van der Waals surface area (Å²) in [5, 5.41) is 3.69. The van der Waals surface area contributed by atoms with Gasteiger partial charge in [0, 0.05) is 18.3 Å². The van der Waals surface area contributed by atoms with Crippen LogP contribution in [0.15, 0.2) is 0 Å². The maximum atomic E-state index is 3.69. The van der Waals surface area contributed by atoms with Gasteiger partial charge in [-0.15, -0.1) is 0 Å². The molecule has 84 valence electrons. The Balaban J connectivity index is 2.19. The molecule has 1 N–H and O–H groups in total. The minimum absolute atomic E-state index is 0.809. The first-order valence-electron chi connectivity index (χ1n) is 5.96. The maximum absolute atomic E-state index is 3.69. The average Bonchev–Trinajstić information content (AvgIpc) is 2.19. The molecular formula is C12H25NS. The molecule has 0 amide bonds. The van der Waals surface area contributed by atoms with Crippen LogP contribution in [0.4, 0.5) is 0 Å². The van der Waals surface area contributed by atoms with E-state index in [0.717, 1.165) is 17.9 Å². The van der Waals surface area contributed by atoms with Gasteiger partial charge in [-0.1, -0.05) is 26.7 Å². The van der Waals surface area contributed by atoms with Gasteiger partial charge in [-0.25, -0.2) is 0 Å². The second kappa shape index (κ2) is 6.73. The van der Waals surface area contributed by atoms with Crippen molar-refractivity contribution in [2.24, 2.45) is 11.8 Å². The van der Waals surface area contributed by atoms with E-state index >= 15 is 0 Å². The largest absolute Gasteiger partial charge is 0.313 e. The highest BCUT2D eigenvalue weighted by Gasteiger charge is 2.23. The van der Waals surface area contributed by atoms with E-state index in [1.54, 1.807) is 0 Å². The molecule has 0 aromatic heterocycles. The topological polar surface area (TPSA) is 12.0 Å². The molecule has 0 spiro atoms. The van der Waals surface area contributed by atoms with Gasteiger partial charge in [0.15, 0.2) is 0 Å². The zero-order chi connectivity index (χ0) is 10.4. The molecule has 2 heteroatoms. The van der Waals surface area contributed by atoms with Gasteiger partial charge in [-0.2, -0.15) is 11.8 Å². The summed E-state index contributed by atoms with van der Waals surface area (Å²) in [6.45, 7) is 5.93. The van der Waals surface area contributed by atoms with Crippen LogP contribution in [0.2, 0.25) is 0 Å². The average molecular weight is 215 g/mol. The Morgan fingerprint density at radius 1 is 1.36 bits per heavy atom. The molecule has 0 aromatic rings. The fourth-order valence-electron chi connectivity index (χ4n) is 2.38. The van der Waals surface area contributed by atoms with Gasteiger partial charge >= 0.3 is 0 Å². The molecular weight excluding hydrogens is 190 g/mol. The van der Waals surface area contributed by atoms with Crippen molar-refractivity contribution < 1.29 is 0 Å². The summed E-state index contributed by atoms with van der Waals surface area (Å²) in [5.41, 5.74) is 0. The van der Waals surface area contributed by atoms with Gasteiger partial charge in [0.05, 0.1) is 0 Å². The number of hydrogen-bond acceptors (Lipinski definition) is 2. The van der Waals surface area contributed by atoms with Gasteiger partial charge in [0.1, 0.15) is 0 Å². The van der Waals surface area contributed by atoms with Crippen LogP contribution >= 0.6 is 11.8 Å². The van der Waals surface area contributed by atoms with Gasteiger partial charge in [-0.05, 0) is 30.9 Å². The number of thioether (sulfide) groups is 1. The predicted octanol–water partition coefficient (Wildman–Crippen LogP) is 3.15. The zero-order valence-electron chi connectivity index (χ0n) is 9.88. The standard InChI is InChI=1S/C12H25NS/c1-10(2)11-5-4-6-12(9-11)13-7-8-14-3/h10-13H,4-9H2,1-3H3. The molecule has 0 bridgehead atoms. The van der Waals surface area contributed by atoms with Gasteiger partial charge in [-0.3, -0.25) is 0 Å².